The van der Waals surface area contributed by atoms with E-state index in [1.807, 2.05) is 12.2 Å². The molecular formula is C18H30O2S. The van der Waals surface area contributed by atoms with Crippen molar-refractivity contribution in [2.24, 2.45) is 0 Å². The van der Waals surface area contributed by atoms with Crippen molar-refractivity contribution in [2.75, 3.05) is 0 Å². The average molecular weight is 311 g/mol. The molecule has 3 heteroatoms. The zero-order valence-electron chi connectivity index (χ0n) is 13.3. The van der Waals surface area contributed by atoms with Gasteiger partial charge in [-0.15, -0.1) is 13.2 Å². The summed E-state index contributed by atoms with van der Waals surface area (Å²) in [4.78, 5) is 0. The van der Waals surface area contributed by atoms with Crippen LogP contribution in [0.3, 0.4) is 0 Å². The van der Waals surface area contributed by atoms with E-state index in [0.717, 1.165) is 77.0 Å². The number of sulfone groups is 1. The first-order valence-electron chi connectivity index (χ1n) is 8.50. The molecule has 2 fully saturated rings. The Kier molecular flexibility index (Phi) is 5.34. The van der Waals surface area contributed by atoms with Crippen LogP contribution in [0, 0.1) is 0 Å². The normalized spacial score (nSPS) is 34.3. The van der Waals surface area contributed by atoms with Crippen LogP contribution >= 0.6 is 0 Å². The van der Waals surface area contributed by atoms with Gasteiger partial charge in [0.25, 0.3) is 0 Å². The number of allylic oxidation sites excluding steroid dienone is 2. The fourth-order valence-corrected chi connectivity index (χ4v) is 7.81. The van der Waals surface area contributed by atoms with E-state index < -0.39 is 19.3 Å². The Balaban J connectivity index is 2.23. The zero-order chi connectivity index (χ0) is 15.4. The van der Waals surface area contributed by atoms with Crippen molar-refractivity contribution in [3.8, 4) is 0 Å². The van der Waals surface area contributed by atoms with Gasteiger partial charge in [-0.3, -0.25) is 0 Å². The highest BCUT2D eigenvalue weighted by Crippen LogP contribution is 2.56. The van der Waals surface area contributed by atoms with E-state index in [2.05, 4.69) is 13.2 Å². The van der Waals surface area contributed by atoms with Crippen LogP contribution in [0.5, 0.6) is 0 Å². The van der Waals surface area contributed by atoms with Gasteiger partial charge in [0.15, 0.2) is 9.84 Å². The maximum atomic E-state index is 13.4. The molecule has 2 nitrogen and oxygen atoms in total. The van der Waals surface area contributed by atoms with Gasteiger partial charge in [0.2, 0.25) is 0 Å². The Labute approximate surface area is 130 Å². The minimum atomic E-state index is -3.02. The summed E-state index contributed by atoms with van der Waals surface area (Å²) in [5.41, 5.74) is 0. The third-order valence-electron chi connectivity index (χ3n) is 5.77. The third kappa shape index (κ3) is 2.86. The highest BCUT2D eigenvalue weighted by molar-refractivity contribution is 7.94. The summed E-state index contributed by atoms with van der Waals surface area (Å²) in [6, 6.07) is 0. The molecule has 0 saturated carbocycles. The third-order valence-corrected chi connectivity index (χ3v) is 9.28. The monoisotopic (exact) mass is 310 g/mol. The summed E-state index contributed by atoms with van der Waals surface area (Å²) in [7, 11) is -3.02. The van der Waals surface area contributed by atoms with Crippen LogP contribution in [0.4, 0.5) is 0 Å². The fraction of sp³-hybridized carbons (Fsp3) is 0.778. The van der Waals surface area contributed by atoms with Gasteiger partial charge in [0, 0.05) is 0 Å². The summed E-state index contributed by atoms with van der Waals surface area (Å²) < 4.78 is 25.9. The largest absolute Gasteiger partial charge is 0.228 e. The molecule has 0 amide bonds. The van der Waals surface area contributed by atoms with Crippen molar-refractivity contribution in [3.05, 3.63) is 25.3 Å². The van der Waals surface area contributed by atoms with E-state index >= 15 is 0 Å². The van der Waals surface area contributed by atoms with Gasteiger partial charge in [-0.05, 0) is 64.2 Å². The number of rotatable bonds is 8. The van der Waals surface area contributed by atoms with Gasteiger partial charge in [0.1, 0.15) is 0 Å². The van der Waals surface area contributed by atoms with Crippen molar-refractivity contribution in [1.29, 1.82) is 0 Å². The van der Waals surface area contributed by atoms with E-state index in [-0.39, 0.29) is 0 Å². The molecular weight excluding hydrogens is 280 g/mol. The second kappa shape index (κ2) is 6.68. The highest BCUT2D eigenvalue weighted by atomic mass is 32.2. The molecule has 0 aliphatic carbocycles. The van der Waals surface area contributed by atoms with Crippen LogP contribution in [0.1, 0.15) is 77.0 Å². The van der Waals surface area contributed by atoms with Crippen LogP contribution in [0.25, 0.3) is 0 Å². The predicted octanol–water partition coefficient (Wildman–Crippen LogP) is 4.96. The molecule has 2 aliphatic rings. The molecule has 2 rings (SSSR count). The first kappa shape index (κ1) is 16.8. The molecule has 120 valence electrons. The lowest BCUT2D eigenvalue weighted by atomic mass is 9.81. The van der Waals surface area contributed by atoms with Gasteiger partial charge in [-0.2, -0.15) is 0 Å². The van der Waals surface area contributed by atoms with E-state index in [0.29, 0.717) is 0 Å². The lowest BCUT2D eigenvalue weighted by Gasteiger charge is -2.32. The SMILES string of the molecule is C=CCCC[C@]12CCCC[C@](CCCC=C)(CC1)S2(=O)=O. The molecule has 0 aromatic carbocycles. The smallest absolute Gasteiger partial charge is 0.161 e. The topological polar surface area (TPSA) is 34.1 Å². The van der Waals surface area contributed by atoms with Crippen molar-refractivity contribution in [2.45, 2.75) is 86.5 Å². The summed E-state index contributed by atoms with van der Waals surface area (Å²) in [5, 5.41) is 0. The molecule has 0 aromatic rings. The van der Waals surface area contributed by atoms with Crippen LogP contribution in [-0.2, 0) is 9.84 Å². The number of hydrogen-bond acceptors (Lipinski definition) is 2. The second-order valence-electron chi connectivity index (χ2n) is 6.94. The quantitative estimate of drug-likeness (QED) is 0.469. The predicted molar refractivity (Wildman–Crippen MR) is 90.2 cm³/mol. The maximum absolute atomic E-state index is 13.4. The van der Waals surface area contributed by atoms with Crippen LogP contribution in [0.15, 0.2) is 25.3 Å². The van der Waals surface area contributed by atoms with Crippen molar-refractivity contribution in [1.82, 2.24) is 0 Å². The molecule has 2 bridgehead atoms. The lowest BCUT2D eigenvalue weighted by molar-refractivity contribution is 0.374. The van der Waals surface area contributed by atoms with Crippen LogP contribution in [0.2, 0.25) is 0 Å². The minimum Gasteiger partial charge on any atom is -0.228 e. The van der Waals surface area contributed by atoms with Gasteiger partial charge < -0.3 is 0 Å². The fourth-order valence-electron chi connectivity index (χ4n) is 4.50. The summed E-state index contributed by atoms with van der Waals surface area (Å²) >= 11 is 0. The molecule has 0 unspecified atom stereocenters. The summed E-state index contributed by atoms with van der Waals surface area (Å²) in [6.45, 7) is 7.52. The summed E-state index contributed by atoms with van der Waals surface area (Å²) in [6.07, 6.45) is 15.0. The standard InChI is InChI=1S/C18H30O2S/c1-3-5-7-11-17-13-9-10-14-18(16-15-17,21(17,19)20)12-8-6-4-2/h3-4H,1-2,5-16H2/t17-,18+. The molecule has 2 saturated heterocycles. The molecule has 2 aliphatic heterocycles. The van der Waals surface area contributed by atoms with Crippen molar-refractivity contribution < 1.29 is 8.42 Å². The van der Waals surface area contributed by atoms with E-state index in [1.165, 1.54) is 0 Å². The van der Waals surface area contributed by atoms with Crippen LogP contribution < -0.4 is 0 Å². The number of fused-ring (bicyclic) bond motifs is 2. The number of hydrogen-bond donors (Lipinski definition) is 0. The Hall–Kier alpha value is -0.570. The maximum Gasteiger partial charge on any atom is 0.161 e. The Morgan fingerprint density at radius 3 is 1.62 bits per heavy atom. The van der Waals surface area contributed by atoms with Crippen molar-refractivity contribution in [3.63, 3.8) is 0 Å². The molecule has 0 aromatic heterocycles. The van der Waals surface area contributed by atoms with Gasteiger partial charge in [-0.25, -0.2) is 8.42 Å². The molecule has 0 N–H and O–H groups in total. The van der Waals surface area contributed by atoms with Crippen molar-refractivity contribution >= 4 is 9.84 Å². The average Bonchev–Trinajstić information content (AvgIpc) is 2.57. The zero-order valence-corrected chi connectivity index (χ0v) is 14.1. The lowest BCUT2D eigenvalue weighted by Crippen LogP contribution is -2.43. The van der Waals surface area contributed by atoms with Gasteiger partial charge >= 0.3 is 0 Å². The Bertz CT molecular complexity index is 441. The first-order valence-corrected chi connectivity index (χ1v) is 9.98. The van der Waals surface area contributed by atoms with Gasteiger partial charge in [-0.1, -0.05) is 25.0 Å². The van der Waals surface area contributed by atoms with E-state index in [4.69, 9.17) is 0 Å². The second-order valence-corrected chi connectivity index (χ2v) is 9.68. The number of unbranched alkanes of at least 4 members (excludes halogenated alkanes) is 2. The molecule has 21 heavy (non-hydrogen) atoms. The highest BCUT2D eigenvalue weighted by Gasteiger charge is 2.61. The summed E-state index contributed by atoms with van der Waals surface area (Å²) in [5.74, 6) is 0. The minimum absolute atomic E-state index is 0.416. The van der Waals surface area contributed by atoms with E-state index in [9.17, 15) is 8.42 Å². The Morgan fingerprint density at radius 2 is 1.24 bits per heavy atom. The molecule has 0 radical (unpaired) electrons. The van der Waals surface area contributed by atoms with Gasteiger partial charge in [0.05, 0.1) is 9.49 Å². The first-order chi connectivity index (χ1) is 10.0. The van der Waals surface area contributed by atoms with E-state index in [1.54, 1.807) is 0 Å². The molecule has 2 atom stereocenters. The molecule has 2 heterocycles. The Morgan fingerprint density at radius 1 is 0.810 bits per heavy atom. The van der Waals surface area contributed by atoms with Crippen LogP contribution in [-0.4, -0.2) is 17.9 Å². The molecule has 0 spiro atoms.